The van der Waals surface area contributed by atoms with Crippen LogP contribution in [0.25, 0.3) is 6.08 Å². The first kappa shape index (κ1) is 19.0. The third-order valence-electron chi connectivity index (χ3n) is 3.35. The van der Waals surface area contributed by atoms with E-state index in [0.717, 1.165) is 23.0 Å². The van der Waals surface area contributed by atoms with Crippen LogP contribution in [0.15, 0.2) is 46.4 Å². The van der Waals surface area contributed by atoms with E-state index in [-0.39, 0.29) is 30.4 Å². The molecule has 1 heterocycles. The number of thioether (sulfide) groups is 1. The van der Waals surface area contributed by atoms with E-state index in [2.05, 4.69) is 5.10 Å². The van der Waals surface area contributed by atoms with Gasteiger partial charge in [-0.1, -0.05) is 47.1 Å². The fourth-order valence-electron chi connectivity index (χ4n) is 2.09. The molecule has 0 unspecified atom stereocenters. The van der Waals surface area contributed by atoms with Gasteiger partial charge in [0, 0.05) is 11.1 Å². The summed E-state index contributed by atoms with van der Waals surface area (Å²) >= 11 is 17.9. The number of hydrogen-bond acceptors (Lipinski definition) is 4. The average molecular weight is 429 g/mol. The predicted octanol–water partition coefficient (Wildman–Crippen LogP) is 5.51. The topological polar surface area (TPSA) is 32.7 Å². The third-order valence-corrected chi connectivity index (χ3v) is 5.29. The molecule has 1 aliphatic rings. The van der Waals surface area contributed by atoms with Crippen LogP contribution in [-0.2, 0) is 4.79 Å². The molecule has 0 spiro atoms. The summed E-state index contributed by atoms with van der Waals surface area (Å²) in [6.07, 6.45) is 2.42. The molecule has 0 bridgehead atoms. The van der Waals surface area contributed by atoms with Crippen molar-refractivity contribution in [3.63, 3.8) is 0 Å². The number of carbonyl (C=O) groups is 1. The first-order valence-corrected chi connectivity index (χ1v) is 9.06. The molecule has 26 heavy (non-hydrogen) atoms. The van der Waals surface area contributed by atoms with Gasteiger partial charge in [-0.15, -0.1) is 0 Å². The van der Waals surface area contributed by atoms with Gasteiger partial charge < -0.3 is 0 Å². The van der Waals surface area contributed by atoms with E-state index < -0.39 is 17.5 Å². The molecule has 0 aromatic heterocycles. The van der Waals surface area contributed by atoms with Gasteiger partial charge in [-0.3, -0.25) is 4.79 Å². The van der Waals surface area contributed by atoms with Crippen LogP contribution < -0.4 is 0 Å². The Morgan fingerprint density at radius 3 is 2.19 bits per heavy atom. The predicted molar refractivity (Wildman–Crippen MR) is 105 cm³/mol. The maximum atomic E-state index is 13.9. The minimum Gasteiger partial charge on any atom is -0.266 e. The van der Waals surface area contributed by atoms with Gasteiger partial charge in [0.2, 0.25) is 0 Å². The second-order valence-electron chi connectivity index (χ2n) is 5.01. The van der Waals surface area contributed by atoms with E-state index in [1.807, 2.05) is 0 Å². The molecule has 0 aliphatic carbocycles. The number of hydrogen-bond donors (Lipinski definition) is 0. The maximum Gasteiger partial charge on any atom is 0.286 e. The van der Waals surface area contributed by atoms with E-state index in [4.69, 9.17) is 35.4 Å². The highest BCUT2D eigenvalue weighted by Crippen LogP contribution is 2.34. The molecule has 0 saturated carbocycles. The summed E-state index contributed by atoms with van der Waals surface area (Å²) in [7, 11) is 0. The van der Waals surface area contributed by atoms with Crippen LogP contribution in [0.1, 0.15) is 11.1 Å². The van der Waals surface area contributed by atoms with Crippen molar-refractivity contribution in [2.24, 2.45) is 5.10 Å². The van der Waals surface area contributed by atoms with Crippen molar-refractivity contribution < 1.29 is 13.6 Å². The first-order valence-electron chi connectivity index (χ1n) is 7.08. The Labute approximate surface area is 167 Å². The van der Waals surface area contributed by atoms with Crippen LogP contribution in [0, 0.1) is 11.6 Å². The Morgan fingerprint density at radius 2 is 1.62 bits per heavy atom. The fourth-order valence-corrected chi connectivity index (χ4v) is 3.67. The fraction of sp³-hybridized carbons (Fsp3) is 0. The van der Waals surface area contributed by atoms with Gasteiger partial charge in [-0.2, -0.15) is 10.1 Å². The van der Waals surface area contributed by atoms with E-state index in [9.17, 15) is 13.6 Å². The summed E-state index contributed by atoms with van der Waals surface area (Å²) in [6.45, 7) is 0. The molecule has 1 aliphatic heterocycles. The first-order chi connectivity index (χ1) is 12.4. The zero-order valence-electron chi connectivity index (χ0n) is 12.7. The Bertz CT molecular complexity index is 939. The number of amides is 1. The van der Waals surface area contributed by atoms with Crippen molar-refractivity contribution in [1.82, 2.24) is 5.01 Å². The highest BCUT2D eigenvalue weighted by Gasteiger charge is 2.32. The minimum absolute atomic E-state index is 0.0318. The van der Waals surface area contributed by atoms with Crippen LogP contribution in [0.5, 0.6) is 0 Å². The Kier molecular flexibility index (Phi) is 5.72. The third kappa shape index (κ3) is 3.81. The SMILES string of the molecule is O=C1/C(=C/c2c(F)cccc2Cl)SC(=S)N1N=Cc1c(F)cccc1Cl. The molecule has 3 nitrogen and oxygen atoms in total. The molecule has 132 valence electrons. The molecule has 9 heteroatoms. The van der Waals surface area contributed by atoms with Crippen LogP contribution in [-0.4, -0.2) is 21.5 Å². The number of carbonyl (C=O) groups excluding carboxylic acids is 1. The van der Waals surface area contributed by atoms with E-state index >= 15 is 0 Å². The van der Waals surface area contributed by atoms with Gasteiger partial charge in [0.1, 0.15) is 11.6 Å². The van der Waals surface area contributed by atoms with Crippen LogP contribution >= 0.6 is 47.2 Å². The second kappa shape index (κ2) is 7.84. The van der Waals surface area contributed by atoms with Gasteiger partial charge in [0.15, 0.2) is 4.32 Å². The number of benzene rings is 2. The quantitative estimate of drug-likeness (QED) is 0.367. The molecule has 2 aromatic rings. The Balaban J connectivity index is 1.90. The lowest BCUT2D eigenvalue weighted by molar-refractivity contribution is -0.122. The largest absolute Gasteiger partial charge is 0.286 e. The summed E-state index contributed by atoms with van der Waals surface area (Å²) in [6, 6.07) is 8.37. The van der Waals surface area contributed by atoms with Gasteiger partial charge in [0.25, 0.3) is 5.91 Å². The van der Waals surface area contributed by atoms with Crippen molar-refractivity contribution in [3.05, 3.63) is 74.1 Å². The van der Waals surface area contributed by atoms with Crippen molar-refractivity contribution in [1.29, 1.82) is 0 Å². The lowest BCUT2D eigenvalue weighted by Crippen LogP contribution is -2.22. The number of halogens is 4. The molecule has 0 atom stereocenters. The van der Waals surface area contributed by atoms with E-state index in [1.54, 1.807) is 0 Å². The standard InChI is InChI=1S/C17H8Cl2F2N2OS2/c18-11-3-1-5-13(20)9(11)7-15-16(24)23(17(25)26-15)22-8-10-12(19)4-2-6-14(10)21/h1-8H/b15-7-,22-8?. The Hall–Kier alpha value is -1.80. The molecule has 1 amide bonds. The Morgan fingerprint density at radius 1 is 1.04 bits per heavy atom. The number of rotatable bonds is 3. The number of thiocarbonyl (C=S) groups is 1. The van der Waals surface area contributed by atoms with Crippen molar-refractivity contribution in [2.75, 3.05) is 0 Å². The molecule has 2 aromatic carbocycles. The molecule has 1 saturated heterocycles. The maximum absolute atomic E-state index is 13.9. The zero-order chi connectivity index (χ0) is 18.8. The van der Waals surface area contributed by atoms with Crippen LogP contribution in [0.2, 0.25) is 10.0 Å². The normalized spacial score (nSPS) is 16.3. The van der Waals surface area contributed by atoms with E-state index in [1.165, 1.54) is 42.5 Å². The molecule has 0 radical (unpaired) electrons. The van der Waals surface area contributed by atoms with Crippen molar-refractivity contribution in [2.45, 2.75) is 0 Å². The lowest BCUT2D eigenvalue weighted by Gasteiger charge is -2.07. The van der Waals surface area contributed by atoms with Gasteiger partial charge in [-0.05, 0) is 42.6 Å². The smallest absolute Gasteiger partial charge is 0.266 e. The zero-order valence-corrected chi connectivity index (χ0v) is 15.9. The average Bonchev–Trinajstić information content (AvgIpc) is 2.85. The number of nitrogens with zero attached hydrogens (tertiary/aromatic N) is 2. The monoisotopic (exact) mass is 428 g/mol. The van der Waals surface area contributed by atoms with Crippen molar-refractivity contribution >= 4 is 69.7 Å². The summed E-state index contributed by atoms with van der Waals surface area (Å²) in [5.74, 6) is -1.71. The second-order valence-corrected chi connectivity index (χ2v) is 7.50. The van der Waals surface area contributed by atoms with Crippen molar-refractivity contribution in [3.8, 4) is 0 Å². The minimum atomic E-state index is -0.583. The molecule has 3 rings (SSSR count). The van der Waals surface area contributed by atoms with Crippen LogP contribution in [0.4, 0.5) is 8.78 Å². The lowest BCUT2D eigenvalue weighted by atomic mass is 10.2. The van der Waals surface area contributed by atoms with Gasteiger partial charge in [-0.25, -0.2) is 8.78 Å². The van der Waals surface area contributed by atoms with E-state index in [0.29, 0.717) is 0 Å². The highest BCUT2D eigenvalue weighted by atomic mass is 35.5. The van der Waals surface area contributed by atoms with Crippen LogP contribution in [0.3, 0.4) is 0 Å². The highest BCUT2D eigenvalue weighted by molar-refractivity contribution is 8.26. The number of hydrazone groups is 1. The summed E-state index contributed by atoms with van der Waals surface area (Å²) in [5, 5.41) is 5.15. The van der Waals surface area contributed by atoms with Gasteiger partial charge >= 0.3 is 0 Å². The molecular formula is C17H8Cl2F2N2OS2. The summed E-state index contributed by atoms with van der Waals surface area (Å²) in [5.41, 5.74) is 0.111. The van der Waals surface area contributed by atoms with Gasteiger partial charge in [0.05, 0.1) is 21.2 Å². The summed E-state index contributed by atoms with van der Waals surface area (Å²) < 4.78 is 27.8. The molecule has 0 N–H and O–H groups in total. The summed E-state index contributed by atoms with van der Waals surface area (Å²) in [4.78, 5) is 12.6. The molecule has 1 fully saturated rings. The molecular weight excluding hydrogens is 421 g/mol.